The second-order valence-electron chi connectivity index (χ2n) is 2.35. The van der Waals surface area contributed by atoms with Crippen LogP contribution in [0.15, 0.2) is 35.3 Å². The fourth-order valence-electron chi connectivity index (χ4n) is 0.868. The summed E-state index contributed by atoms with van der Waals surface area (Å²) >= 11 is 9.13. The van der Waals surface area contributed by atoms with Gasteiger partial charge in [-0.25, -0.2) is 0 Å². The maximum atomic E-state index is 9.41. The van der Waals surface area contributed by atoms with Crippen LogP contribution in [-0.2, 0) is 0 Å². The van der Waals surface area contributed by atoms with Crippen molar-refractivity contribution in [2.75, 3.05) is 0 Å². The van der Waals surface area contributed by atoms with Gasteiger partial charge in [-0.2, -0.15) is 0 Å². The number of aliphatic hydroxyl groups excluding tert-OH is 1. The topological polar surface area (TPSA) is 20.2 Å². The Morgan fingerprint density at radius 2 is 2.25 bits per heavy atom. The number of hydrogen-bond acceptors (Lipinski definition) is 1. The molecule has 1 N–H and O–H groups in total. The van der Waals surface area contributed by atoms with Crippen LogP contribution in [0.25, 0.3) is 0 Å². The average Bonchev–Trinajstić information content (AvgIpc) is 2.08. The molecule has 0 aliphatic heterocycles. The number of benzene rings is 1. The lowest BCUT2D eigenvalue weighted by Crippen LogP contribution is -1.93. The summed E-state index contributed by atoms with van der Waals surface area (Å²) < 4.78 is 0.891. The van der Waals surface area contributed by atoms with E-state index in [0.717, 1.165) is 4.47 Å². The van der Waals surface area contributed by atoms with Gasteiger partial charge in [0, 0.05) is 15.1 Å². The van der Waals surface area contributed by atoms with Crippen LogP contribution < -0.4 is 0 Å². The Balaban J connectivity index is 3.12. The van der Waals surface area contributed by atoms with Crippen LogP contribution >= 0.6 is 27.5 Å². The van der Waals surface area contributed by atoms with Crippen LogP contribution in [0.5, 0.6) is 0 Å². The van der Waals surface area contributed by atoms with Gasteiger partial charge in [0.1, 0.15) is 0 Å². The molecule has 0 amide bonds. The minimum Gasteiger partial charge on any atom is -0.384 e. The average molecular weight is 248 g/mol. The Morgan fingerprint density at radius 3 is 2.83 bits per heavy atom. The highest BCUT2D eigenvalue weighted by Crippen LogP contribution is 2.26. The lowest BCUT2D eigenvalue weighted by Gasteiger charge is -2.07. The molecule has 0 bridgehead atoms. The first kappa shape index (κ1) is 9.78. The Bertz CT molecular complexity index is 299. The van der Waals surface area contributed by atoms with E-state index >= 15 is 0 Å². The van der Waals surface area contributed by atoms with Crippen molar-refractivity contribution in [3.05, 3.63) is 45.9 Å². The first-order valence-corrected chi connectivity index (χ1v) is 4.58. The van der Waals surface area contributed by atoms with Gasteiger partial charge in [0.25, 0.3) is 0 Å². The third-order valence-electron chi connectivity index (χ3n) is 1.50. The number of aliphatic hydroxyl groups is 1. The SMILES string of the molecule is C=CC(O)c1cc(Br)ccc1Cl. The maximum absolute atomic E-state index is 9.41. The second kappa shape index (κ2) is 4.08. The van der Waals surface area contributed by atoms with Crippen LogP contribution in [0.3, 0.4) is 0 Å². The fourth-order valence-corrected chi connectivity index (χ4v) is 1.48. The number of rotatable bonds is 2. The van der Waals surface area contributed by atoms with Gasteiger partial charge in [0.05, 0.1) is 6.10 Å². The summed E-state index contributed by atoms with van der Waals surface area (Å²) in [4.78, 5) is 0. The van der Waals surface area contributed by atoms with Crippen LogP contribution in [-0.4, -0.2) is 5.11 Å². The van der Waals surface area contributed by atoms with Gasteiger partial charge in [-0.3, -0.25) is 0 Å². The molecule has 3 heteroatoms. The molecule has 0 saturated heterocycles. The van der Waals surface area contributed by atoms with E-state index in [4.69, 9.17) is 11.6 Å². The molecule has 0 aromatic heterocycles. The molecule has 1 aromatic rings. The predicted molar refractivity (Wildman–Crippen MR) is 54.3 cm³/mol. The quantitative estimate of drug-likeness (QED) is 0.795. The molecule has 1 aromatic carbocycles. The van der Waals surface area contributed by atoms with E-state index in [1.807, 2.05) is 6.07 Å². The normalized spacial score (nSPS) is 12.6. The zero-order chi connectivity index (χ0) is 9.14. The highest BCUT2D eigenvalue weighted by Gasteiger charge is 2.07. The van der Waals surface area contributed by atoms with Gasteiger partial charge < -0.3 is 5.11 Å². The van der Waals surface area contributed by atoms with Crippen molar-refractivity contribution in [1.82, 2.24) is 0 Å². The van der Waals surface area contributed by atoms with E-state index in [0.29, 0.717) is 10.6 Å². The van der Waals surface area contributed by atoms with Gasteiger partial charge in [-0.1, -0.05) is 33.6 Å². The van der Waals surface area contributed by atoms with Gasteiger partial charge in [0.2, 0.25) is 0 Å². The highest BCUT2D eigenvalue weighted by molar-refractivity contribution is 9.10. The zero-order valence-electron chi connectivity index (χ0n) is 6.30. The summed E-state index contributed by atoms with van der Waals surface area (Å²) in [6.45, 7) is 3.48. The van der Waals surface area contributed by atoms with E-state index in [1.54, 1.807) is 12.1 Å². The summed E-state index contributed by atoms with van der Waals surface area (Å²) in [5.74, 6) is 0. The fraction of sp³-hybridized carbons (Fsp3) is 0.111. The number of hydrogen-bond donors (Lipinski definition) is 1. The van der Waals surface area contributed by atoms with Gasteiger partial charge in [-0.15, -0.1) is 6.58 Å². The molecular weight excluding hydrogens is 239 g/mol. The second-order valence-corrected chi connectivity index (χ2v) is 3.67. The first-order valence-electron chi connectivity index (χ1n) is 3.40. The van der Waals surface area contributed by atoms with Gasteiger partial charge >= 0.3 is 0 Å². The highest BCUT2D eigenvalue weighted by atomic mass is 79.9. The summed E-state index contributed by atoms with van der Waals surface area (Å²) in [7, 11) is 0. The third-order valence-corrected chi connectivity index (χ3v) is 2.34. The Hall–Kier alpha value is -0.310. The Morgan fingerprint density at radius 1 is 1.58 bits per heavy atom. The molecule has 0 spiro atoms. The molecule has 0 fully saturated rings. The van der Waals surface area contributed by atoms with Crippen molar-refractivity contribution in [2.45, 2.75) is 6.10 Å². The lowest BCUT2D eigenvalue weighted by atomic mass is 10.1. The zero-order valence-corrected chi connectivity index (χ0v) is 8.64. The summed E-state index contributed by atoms with van der Waals surface area (Å²) in [6, 6.07) is 5.32. The molecule has 0 saturated carbocycles. The number of halogens is 2. The van der Waals surface area contributed by atoms with E-state index in [1.165, 1.54) is 6.08 Å². The minimum absolute atomic E-state index is 0.547. The Kier molecular flexibility index (Phi) is 3.32. The smallest absolute Gasteiger partial charge is 0.0983 e. The summed E-state index contributed by atoms with van der Waals surface area (Å²) in [5.41, 5.74) is 0.668. The molecule has 0 aliphatic rings. The monoisotopic (exact) mass is 246 g/mol. The van der Waals surface area contributed by atoms with Crippen molar-refractivity contribution in [2.24, 2.45) is 0 Å². The maximum Gasteiger partial charge on any atom is 0.0983 e. The molecule has 0 radical (unpaired) electrons. The lowest BCUT2D eigenvalue weighted by molar-refractivity contribution is 0.229. The van der Waals surface area contributed by atoms with E-state index in [2.05, 4.69) is 22.5 Å². The largest absolute Gasteiger partial charge is 0.384 e. The van der Waals surface area contributed by atoms with Crippen molar-refractivity contribution in [3.8, 4) is 0 Å². The molecule has 1 nitrogen and oxygen atoms in total. The van der Waals surface area contributed by atoms with E-state index in [9.17, 15) is 5.11 Å². The van der Waals surface area contributed by atoms with Crippen molar-refractivity contribution in [1.29, 1.82) is 0 Å². The standard InChI is InChI=1S/C9H8BrClO/c1-2-9(12)7-5-6(10)3-4-8(7)11/h2-5,9,12H,1H2. The molecule has 1 rings (SSSR count). The molecular formula is C9H8BrClO. The first-order chi connectivity index (χ1) is 5.65. The van der Waals surface area contributed by atoms with Crippen LogP contribution in [0.2, 0.25) is 5.02 Å². The van der Waals surface area contributed by atoms with Crippen molar-refractivity contribution >= 4 is 27.5 Å². The van der Waals surface area contributed by atoms with Crippen LogP contribution in [0, 0.1) is 0 Å². The third kappa shape index (κ3) is 2.09. The van der Waals surface area contributed by atoms with E-state index in [-0.39, 0.29) is 0 Å². The molecule has 12 heavy (non-hydrogen) atoms. The minimum atomic E-state index is -0.699. The van der Waals surface area contributed by atoms with Crippen LogP contribution in [0.4, 0.5) is 0 Å². The summed E-state index contributed by atoms with van der Waals surface area (Å²) in [6.07, 6.45) is 0.739. The molecule has 1 unspecified atom stereocenters. The molecule has 1 atom stereocenters. The molecule has 0 aliphatic carbocycles. The van der Waals surface area contributed by atoms with Crippen molar-refractivity contribution < 1.29 is 5.11 Å². The summed E-state index contributed by atoms with van der Waals surface area (Å²) in [5, 5.41) is 9.96. The van der Waals surface area contributed by atoms with Gasteiger partial charge in [-0.05, 0) is 18.2 Å². The van der Waals surface area contributed by atoms with E-state index < -0.39 is 6.10 Å². The van der Waals surface area contributed by atoms with Crippen LogP contribution in [0.1, 0.15) is 11.7 Å². The Labute approximate surface area is 84.8 Å². The molecule has 64 valence electrons. The van der Waals surface area contributed by atoms with Gasteiger partial charge in [0.15, 0.2) is 0 Å². The molecule has 0 heterocycles. The predicted octanol–water partition coefficient (Wildman–Crippen LogP) is 3.32. The van der Waals surface area contributed by atoms with Crippen molar-refractivity contribution in [3.63, 3.8) is 0 Å².